The highest BCUT2D eigenvalue weighted by molar-refractivity contribution is 4.97. The van der Waals surface area contributed by atoms with E-state index in [1.165, 1.54) is 89.9 Å². The van der Waals surface area contributed by atoms with Crippen molar-refractivity contribution < 1.29 is 9.47 Å². The number of hydrogen-bond donors (Lipinski definition) is 0. The fourth-order valence-corrected chi connectivity index (χ4v) is 3.37. The highest BCUT2D eigenvalue weighted by Crippen LogP contribution is 2.12. The third-order valence-corrected chi connectivity index (χ3v) is 5.20. The molecule has 0 saturated heterocycles. The first-order valence-electron chi connectivity index (χ1n) is 12.4. The fraction of sp³-hybridized carbons (Fsp3) is 0.846. The van der Waals surface area contributed by atoms with Gasteiger partial charge in [-0.15, -0.1) is 0 Å². The second kappa shape index (κ2) is 24.4. The molecule has 2 heteroatoms. The van der Waals surface area contributed by atoms with Gasteiger partial charge in [0, 0.05) is 19.6 Å². The van der Waals surface area contributed by atoms with Gasteiger partial charge in [-0.2, -0.15) is 0 Å². The zero-order chi connectivity index (χ0) is 20.5. The molecule has 0 aromatic carbocycles. The van der Waals surface area contributed by atoms with E-state index in [0.29, 0.717) is 0 Å². The summed E-state index contributed by atoms with van der Waals surface area (Å²) in [5.74, 6) is 0. The first-order valence-corrected chi connectivity index (χ1v) is 12.4. The Bertz CT molecular complexity index is 302. The van der Waals surface area contributed by atoms with E-state index in [-0.39, 0.29) is 6.29 Å². The number of allylic oxidation sites excluding steroid dienone is 2. The number of hydrogen-bond acceptors (Lipinski definition) is 2. The molecule has 0 radical (unpaired) electrons. The van der Waals surface area contributed by atoms with Crippen LogP contribution in [0, 0.1) is 0 Å². The standard InChI is InChI=1S/C26H50O2/c1-4-7-10-12-14-16-18-21-24-27-26(23-20-9-6-3)28-25-22-19-17-15-13-11-8-5-2/h6,9,20,26H,3-5,7-8,10-19,21-25H2,1-2H3/b20-9+. The second-order valence-corrected chi connectivity index (χ2v) is 8.02. The first kappa shape index (κ1) is 27.4. The molecule has 0 saturated carbocycles. The van der Waals surface area contributed by atoms with Crippen LogP contribution in [0.5, 0.6) is 0 Å². The third kappa shape index (κ3) is 21.7. The number of unbranched alkanes of at least 4 members (excludes halogenated alkanes) is 14. The fourth-order valence-electron chi connectivity index (χ4n) is 3.37. The summed E-state index contributed by atoms with van der Waals surface area (Å²) < 4.78 is 12.0. The molecule has 0 aliphatic heterocycles. The molecule has 0 spiro atoms. The van der Waals surface area contributed by atoms with Crippen LogP contribution < -0.4 is 0 Å². The van der Waals surface area contributed by atoms with Gasteiger partial charge in [-0.3, -0.25) is 0 Å². The number of rotatable bonds is 23. The van der Waals surface area contributed by atoms with Gasteiger partial charge in [0.05, 0.1) is 0 Å². The molecule has 28 heavy (non-hydrogen) atoms. The van der Waals surface area contributed by atoms with Gasteiger partial charge in [0.1, 0.15) is 0 Å². The average Bonchev–Trinajstić information content (AvgIpc) is 2.71. The number of ether oxygens (including phenoxy) is 2. The zero-order valence-electron chi connectivity index (χ0n) is 19.3. The Morgan fingerprint density at radius 2 is 1.00 bits per heavy atom. The van der Waals surface area contributed by atoms with Gasteiger partial charge < -0.3 is 9.47 Å². The quantitative estimate of drug-likeness (QED) is 0.0979. The molecule has 0 rings (SSSR count). The van der Waals surface area contributed by atoms with Crippen LogP contribution in [-0.2, 0) is 9.47 Å². The zero-order valence-corrected chi connectivity index (χ0v) is 19.3. The molecule has 0 fully saturated rings. The second-order valence-electron chi connectivity index (χ2n) is 8.02. The maximum Gasteiger partial charge on any atom is 0.160 e. The van der Waals surface area contributed by atoms with Crippen LogP contribution in [0.1, 0.15) is 123 Å². The van der Waals surface area contributed by atoms with Gasteiger partial charge in [-0.05, 0) is 12.8 Å². The van der Waals surface area contributed by atoms with E-state index in [4.69, 9.17) is 9.47 Å². The van der Waals surface area contributed by atoms with Crippen LogP contribution in [0.2, 0.25) is 0 Å². The molecule has 0 atom stereocenters. The molecule has 0 aliphatic rings. The van der Waals surface area contributed by atoms with Crippen molar-refractivity contribution in [1.82, 2.24) is 0 Å². The van der Waals surface area contributed by atoms with E-state index in [1.807, 2.05) is 12.2 Å². The maximum absolute atomic E-state index is 6.00. The molecule has 2 nitrogen and oxygen atoms in total. The molecule has 0 amide bonds. The molecule has 0 heterocycles. The summed E-state index contributed by atoms with van der Waals surface area (Å²) in [5.41, 5.74) is 0. The Morgan fingerprint density at radius 1 is 0.607 bits per heavy atom. The lowest BCUT2D eigenvalue weighted by Gasteiger charge is -2.17. The van der Waals surface area contributed by atoms with Crippen molar-refractivity contribution in [2.45, 2.75) is 129 Å². The van der Waals surface area contributed by atoms with Crippen LogP contribution in [0.3, 0.4) is 0 Å². The Labute approximate surface area is 177 Å². The SMILES string of the molecule is C=C/C=C/CC(OCCCCCCCCCC)OCCCCCCCCCC. The Balaban J connectivity index is 3.68. The van der Waals surface area contributed by atoms with Gasteiger partial charge in [-0.1, -0.05) is 129 Å². The van der Waals surface area contributed by atoms with Crippen molar-refractivity contribution >= 4 is 0 Å². The van der Waals surface area contributed by atoms with Crippen molar-refractivity contribution in [3.8, 4) is 0 Å². The van der Waals surface area contributed by atoms with Crippen LogP contribution in [0.4, 0.5) is 0 Å². The van der Waals surface area contributed by atoms with E-state index in [9.17, 15) is 0 Å². The minimum Gasteiger partial charge on any atom is -0.352 e. The summed E-state index contributed by atoms with van der Waals surface area (Å²) >= 11 is 0. The Kier molecular flexibility index (Phi) is 23.9. The van der Waals surface area contributed by atoms with Crippen LogP contribution >= 0.6 is 0 Å². The average molecular weight is 395 g/mol. The molecule has 0 aromatic heterocycles. The lowest BCUT2D eigenvalue weighted by atomic mass is 10.1. The maximum atomic E-state index is 6.00. The third-order valence-electron chi connectivity index (χ3n) is 5.20. The Morgan fingerprint density at radius 3 is 1.39 bits per heavy atom. The highest BCUT2D eigenvalue weighted by atomic mass is 16.7. The van der Waals surface area contributed by atoms with Crippen LogP contribution in [-0.4, -0.2) is 19.5 Å². The van der Waals surface area contributed by atoms with Crippen molar-refractivity contribution in [1.29, 1.82) is 0 Å². The van der Waals surface area contributed by atoms with E-state index in [0.717, 1.165) is 32.5 Å². The van der Waals surface area contributed by atoms with Crippen LogP contribution in [0.15, 0.2) is 24.8 Å². The highest BCUT2D eigenvalue weighted by Gasteiger charge is 2.07. The molecular weight excluding hydrogens is 344 g/mol. The van der Waals surface area contributed by atoms with Crippen molar-refractivity contribution in [3.05, 3.63) is 24.8 Å². The van der Waals surface area contributed by atoms with Gasteiger partial charge in [0.2, 0.25) is 0 Å². The summed E-state index contributed by atoms with van der Waals surface area (Å²) in [4.78, 5) is 0. The van der Waals surface area contributed by atoms with Crippen LogP contribution in [0.25, 0.3) is 0 Å². The summed E-state index contributed by atoms with van der Waals surface area (Å²) in [6.45, 7) is 9.92. The molecule has 0 bridgehead atoms. The monoisotopic (exact) mass is 394 g/mol. The van der Waals surface area contributed by atoms with E-state index < -0.39 is 0 Å². The van der Waals surface area contributed by atoms with Gasteiger partial charge in [0.15, 0.2) is 6.29 Å². The predicted molar refractivity (Wildman–Crippen MR) is 125 cm³/mol. The predicted octanol–water partition coefficient (Wildman–Crippen LogP) is 8.76. The normalized spacial score (nSPS) is 11.7. The molecular formula is C26H50O2. The lowest BCUT2D eigenvalue weighted by Crippen LogP contribution is -2.18. The smallest absolute Gasteiger partial charge is 0.160 e. The van der Waals surface area contributed by atoms with Crippen molar-refractivity contribution in [2.24, 2.45) is 0 Å². The summed E-state index contributed by atoms with van der Waals surface area (Å²) in [7, 11) is 0. The van der Waals surface area contributed by atoms with Crippen molar-refractivity contribution in [3.63, 3.8) is 0 Å². The topological polar surface area (TPSA) is 18.5 Å². The summed E-state index contributed by atoms with van der Waals surface area (Å²) in [6, 6.07) is 0. The molecule has 0 aliphatic carbocycles. The first-order chi connectivity index (χ1) is 13.8. The van der Waals surface area contributed by atoms with E-state index >= 15 is 0 Å². The largest absolute Gasteiger partial charge is 0.352 e. The minimum absolute atomic E-state index is 0.0923. The van der Waals surface area contributed by atoms with E-state index in [2.05, 4.69) is 26.5 Å². The minimum atomic E-state index is -0.0923. The van der Waals surface area contributed by atoms with Gasteiger partial charge >= 0.3 is 0 Å². The molecule has 0 N–H and O–H groups in total. The summed E-state index contributed by atoms with van der Waals surface area (Å²) in [6.07, 6.45) is 27.9. The van der Waals surface area contributed by atoms with Crippen molar-refractivity contribution in [2.75, 3.05) is 13.2 Å². The van der Waals surface area contributed by atoms with E-state index in [1.54, 1.807) is 0 Å². The van der Waals surface area contributed by atoms with Gasteiger partial charge in [0.25, 0.3) is 0 Å². The molecule has 0 unspecified atom stereocenters. The summed E-state index contributed by atoms with van der Waals surface area (Å²) in [5, 5.41) is 0. The lowest BCUT2D eigenvalue weighted by molar-refractivity contribution is -0.141. The van der Waals surface area contributed by atoms with Gasteiger partial charge in [-0.25, -0.2) is 0 Å². The molecule has 166 valence electrons. The Hall–Kier alpha value is -0.600. The molecule has 0 aromatic rings.